The standard InChI is InChI=1S/C25H32N4O4S2/c1-17(2)18-6-8-19(9-7-18)27-35(31,32)21-16-34-20-10-11-26-23(22(20)21)28-12-14-29(15-13-28)24(30)33-25(3,4)5/h6-11,16-17,27H,12-15H2,1-5H3. The Morgan fingerprint density at radius 1 is 1.09 bits per heavy atom. The number of carbonyl (C=O) groups is 1. The van der Waals surface area contributed by atoms with Crippen molar-refractivity contribution in [2.75, 3.05) is 35.8 Å². The molecule has 0 saturated carbocycles. The molecule has 35 heavy (non-hydrogen) atoms. The molecule has 0 bridgehead atoms. The number of ether oxygens (including phenoxy) is 1. The van der Waals surface area contributed by atoms with E-state index in [1.54, 1.807) is 28.6 Å². The molecule has 1 saturated heterocycles. The van der Waals surface area contributed by atoms with Crippen molar-refractivity contribution in [2.45, 2.75) is 51.0 Å². The van der Waals surface area contributed by atoms with E-state index in [2.05, 4.69) is 23.6 Å². The molecule has 10 heteroatoms. The Morgan fingerprint density at radius 2 is 1.74 bits per heavy atom. The second-order valence-corrected chi connectivity index (χ2v) is 12.5. The van der Waals surface area contributed by atoms with Crippen LogP contribution in [0.15, 0.2) is 46.8 Å². The molecule has 0 atom stereocenters. The van der Waals surface area contributed by atoms with Crippen LogP contribution in [0.3, 0.4) is 0 Å². The summed E-state index contributed by atoms with van der Waals surface area (Å²) < 4.78 is 35.8. The topological polar surface area (TPSA) is 91.8 Å². The Hall–Kier alpha value is -2.85. The number of pyridine rings is 1. The molecule has 0 spiro atoms. The average molecular weight is 517 g/mol. The highest BCUT2D eigenvalue weighted by molar-refractivity contribution is 7.93. The lowest BCUT2D eigenvalue weighted by Gasteiger charge is -2.36. The quantitative estimate of drug-likeness (QED) is 0.496. The highest BCUT2D eigenvalue weighted by Gasteiger charge is 2.29. The van der Waals surface area contributed by atoms with E-state index in [9.17, 15) is 13.2 Å². The fourth-order valence-electron chi connectivity index (χ4n) is 3.95. The van der Waals surface area contributed by atoms with Crippen LogP contribution in [0.4, 0.5) is 16.3 Å². The molecule has 1 aromatic carbocycles. The summed E-state index contributed by atoms with van der Waals surface area (Å²) in [5.74, 6) is 0.981. The van der Waals surface area contributed by atoms with E-state index in [1.165, 1.54) is 11.3 Å². The van der Waals surface area contributed by atoms with Crippen molar-refractivity contribution >= 4 is 49.0 Å². The summed E-state index contributed by atoms with van der Waals surface area (Å²) >= 11 is 1.38. The zero-order valence-corrected chi connectivity index (χ0v) is 22.4. The van der Waals surface area contributed by atoms with E-state index in [1.807, 2.05) is 43.9 Å². The van der Waals surface area contributed by atoms with Gasteiger partial charge in [0, 0.05) is 48.1 Å². The maximum Gasteiger partial charge on any atom is 0.410 e. The van der Waals surface area contributed by atoms with Gasteiger partial charge in [-0.1, -0.05) is 26.0 Å². The summed E-state index contributed by atoms with van der Waals surface area (Å²) in [6.07, 6.45) is 1.36. The first-order valence-corrected chi connectivity index (χ1v) is 14.0. The molecular weight excluding hydrogens is 484 g/mol. The van der Waals surface area contributed by atoms with Crippen molar-refractivity contribution in [1.82, 2.24) is 9.88 Å². The number of anilines is 2. The van der Waals surface area contributed by atoms with Crippen molar-refractivity contribution in [1.29, 1.82) is 0 Å². The predicted molar refractivity (Wildman–Crippen MR) is 141 cm³/mol. The lowest BCUT2D eigenvalue weighted by Crippen LogP contribution is -2.50. The van der Waals surface area contributed by atoms with Crippen molar-refractivity contribution in [2.24, 2.45) is 0 Å². The molecule has 0 radical (unpaired) electrons. The molecule has 3 aromatic rings. The van der Waals surface area contributed by atoms with Crippen LogP contribution >= 0.6 is 11.3 Å². The zero-order chi connectivity index (χ0) is 25.4. The van der Waals surface area contributed by atoms with Crippen LogP contribution in [0.5, 0.6) is 0 Å². The Morgan fingerprint density at radius 3 is 2.34 bits per heavy atom. The number of fused-ring (bicyclic) bond motifs is 1. The van der Waals surface area contributed by atoms with Gasteiger partial charge < -0.3 is 14.5 Å². The van der Waals surface area contributed by atoms with Crippen molar-refractivity contribution in [3.8, 4) is 0 Å². The SMILES string of the molecule is CC(C)c1ccc(NS(=O)(=O)c2csc3ccnc(N4CCN(C(=O)OC(C)(C)C)CC4)c23)cc1. The van der Waals surface area contributed by atoms with E-state index >= 15 is 0 Å². The lowest BCUT2D eigenvalue weighted by molar-refractivity contribution is 0.0240. The van der Waals surface area contributed by atoms with Gasteiger partial charge in [-0.05, 0) is 50.5 Å². The molecule has 1 fully saturated rings. The van der Waals surface area contributed by atoms with Gasteiger partial charge in [-0.3, -0.25) is 4.72 Å². The number of aromatic nitrogens is 1. The molecule has 1 amide bonds. The van der Waals surface area contributed by atoms with E-state index < -0.39 is 15.6 Å². The molecule has 8 nitrogen and oxygen atoms in total. The third-order valence-electron chi connectivity index (χ3n) is 5.78. The number of hydrogen-bond donors (Lipinski definition) is 1. The van der Waals surface area contributed by atoms with Crippen molar-refractivity contribution in [3.63, 3.8) is 0 Å². The molecule has 2 aromatic heterocycles. The third-order valence-corrected chi connectivity index (χ3v) is 8.28. The highest BCUT2D eigenvalue weighted by atomic mass is 32.2. The van der Waals surface area contributed by atoms with Gasteiger partial charge in [-0.2, -0.15) is 0 Å². The smallest absolute Gasteiger partial charge is 0.410 e. The monoisotopic (exact) mass is 516 g/mol. The van der Waals surface area contributed by atoms with Crippen LogP contribution in [0.25, 0.3) is 10.1 Å². The minimum atomic E-state index is -3.83. The second-order valence-electron chi connectivity index (χ2n) is 9.94. The number of thiophene rings is 1. The summed E-state index contributed by atoms with van der Waals surface area (Å²) in [5, 5.41) is 2.27. The van der Waals surface area contributed by atoms with E-state index in [4.69, 9.17) is 4.74 Å². The number of benzene rings is 1. The van der Waals surface area contributed by atoms with Crippen molar-refractivity contribution < 1.29 is 17.9 Å². The third kappa shape index (κ3) is 5.70. The van der Waals surface area contributed by atoms with Gasteiger partial charge >= 0.3 is 6.09 Å². The first-order valence-electron chi connectivity index (χ1n) is 11.7. The van der Waals surface area contributed by atoms with Crippen LogP contribution in [-0.2, 0) is 14.8 Å². The van der Waals surface area contributed by atoms with Crippen LogP contribution < -0.4 is 9.62 Å². The van der Waals surface area contributed by atoms with Gasteiger partial charge in [0.1, 0.15) is 16.3 Å². The summed E-state index contributed by atoms with van der Waals surface area (Å²) in [6.45, 7) is 11.7. The Kier molecular flexibility index (Phi) is 6.97. The van der Waals surface area contributed by atoms with E-state index in [0.29, 0.717) is 49.0 Å². The Labute approximate surface area is 211 Å². The van der Waals surface area contributed by atoms with Gasteiger partial charge in [0.05, 0.1) is 5.39 Å². The molecule has 4 rings (SSSR count). The molecule has 188 valence electrons. The molecule has 1 N–H and O–H groups in total. The van der Waals surface area contributed by atoms with Crippen LogP contribution in [0.1, 0.15) is 46.1 Å². The number of nitrogens with one attached hydrogen (secondary N) is 1. The fraction of sp³-hybridized carbons (Fsp3) is 0.440. The number of amides is 1. The maximum absolute atomic E-state index is 13.4. The van der Waals surface area contributed by atoms with E-state index in [-0.39, 0.29) is 11.0 Å². The average Bonchev–Trinajstić information content (AvgIpc) is 3.24. The van der Waals surface area contributed by atoms with E-state index in [0.717, 1.165) is 10.3 Å². The summed E-state index contributed by atoms with van der Waals surface area (Å²) in [6, 6.07) is 9.28. The minimum absolute atomic E-state index is 0.211. The largest absolute Gasteiger partial charge is 0.444 e. The van der Waals surface area contributed by atoms with Crippen LogP contribution in [0, 0.1) is 0 Å². The van der Waals surface area contributed by atoms with Gasteiger partial charge in [0.25, 0.3) is 10.0 Å². The van der Waals surface area contributed by atoms with Gasteiger partial charge in [0.15, 0.2) is 0 Å². The number of hydrogen-bond acceptors (Lipinski definition) is 7. The van der Waals surface area contributed by atoms with Gasteiger partial charge in [-0.15, -0.1) is 11.3 Å². The minimum Gasteiger partial charge on any atom is -0.444 e. The summed E-state index contributed by atoms with van der Waals surface area (Å²) in [7, 11) is -3.83. The molecule has 3 heterocycles. The maximum atomic E-state index is 13.4. The Balaban J connectivity index is 1.57. The summed E-state index contributed by atoms with van der Waals surface area (Å²) in [4.78, 5) is 20.9. The molecule has 0 unspecified atom stereocenters. The van der Waals surface area contributed by atoms with Crippen LogP contribution in [0.2, 0.25) is 0 Å². The number of piperazine rings is 1. The molecule has 0 aliphatic carbocycles. The first kappa shape index (κ1) is 25.2. The molecule has 1 aliphatic heterocycles. The number of sulfonamides is 1. The number of nitrogens with zero attached hydrogens (tertiary/aromatic N) is 3. The first-order chi connectivity index (χ1) is 16.4. The number of carbonyl (C=O) groups excluding carboxylic acids is 1. The number of rotatable bonds is 5. The summed E-state index contributed by atoms with van der Waals surface area (Å²) in [5.41, 5.74) is 1.11. The van der Waals surface area contributed by atoms with Gasteiger partial charge in [-0.25, -0.2) is 18.2 Å². The lowest BCUT2D eigenvalue weighted by atomic mass is 10.0. The predicted octanol–water partition coefficient (Wildman–Crippen LogP) is 5.28. The molecular formula is C25H32N4O4S2. The van der Waals surface area contributed by atoms with Crippen molar-refractivity contribution in [3.05, 3.63) is 47.5 Å². The highest BCUT2D eigenvalue weighted by Crippen LogP contribution is 2.36. The Bertz CT molecular complexity index is 1300. The second kappa shape index (κ2) is 9.66. The molecule has 1 aliphatic rings. The zero-order valence-electron chi connectivity index (χ0n) is 20.7. The fourth-order valence-corrected chi connectivity index (χ4v) is 6.50. The van der Waals surface area contributed by atoms with Crippen LogP contribution in [-0.4, -0.2) is 56.2 Å². The normalized spacial score (nSPS) is 15.0. The van der Waals surface area contributed by atoms with Gasteiger partial charge in [0.2, 0.25) is 0 Å².